The number of nitrogens with zero attached hydrogens (tertiary/aromatic N) is 2. The zero-order valence-electron chi connectivity index (χ0n) is 15.2. The molecule has 0 fully saturated rings. The number of carbonyl (C=O) groups excluding carboxylic acids is 2. The molecule has 5 heteroatoms. The van der Waals surface area contributed by atoms with E-state index in [0.29, 0.717) is 26.1 Å². The summed E-state index contributed by atoms with van der Waals surface area (Å²) in [6, 6.07) is 15.5. The summed E-state index contributed by atoms with van der Waals surface area (Å²) in [5.74, 6) is 0.635. The average molecular weight is 352 g/mol. The van der Waals surface area contributed by atoms with Gasteiger partial charge in [0, 0.05) is 13.1 Å². The van der Waals surface area contributed by atoms with Crippen LogP contribution in [-0.4, -0.2) is 32.0 Å². The Morgan fingerprint density at radius 1 is 1.15 bits per heavy atom. The topological polar surface area (TPSA) is 49.9 Å². The van der Waals surface area contributed by atoms with E-state index >= 15 is 0 Å². The number of rotatable bonds is 6. The van der Waals surface area contributed by atoms with Crippen LogP contribution in [0, 0.1) is 12.8 Å². The van der Waals surface area contributed by atoms with Crippen LogP contribution in [0.15, 0.2) is 48.5 Å². The van der Waals surface area contributed by atoms with E-state index in [2.05, 4.69) is 0 Å². The van der Waals surface area contributed by atoms with Gasteiger partial charge < -0.3 is 14.5 Å². The molecule has 5 nitrogen and oxygen atoms in total. The Kier molecular flexibility index (Phi) is 5.56. The van der Waals surface area contributed by atoms with Gasteiger partial charge in [0.25, 0.3) is 0 Å². The van der Waals surface area contributed by atoms with Crippen LogP contribution in [0.1, 0.15) is 18.9 Å². The molecule has 136 valence electrons. The van der Waals surface area contributed by atoms with Gasteiger partial charge in [-0.25, -0.2) is 0 Å². The first-order chi connectivity index (χ1) is 12.6. The molecule has 0 aromatic heterocycles. The standard InChI is InChI=1S/C21H24N2O3/c1-16-7-5-8-18(13-16)26-12-6-11-23-20-10-4-3-9-19(20)22(15-24)14-17(2)21(23)25/h3-5,7-10,13,15,17H,6,11-12,14H2,1-2H3. The Morgan fingerprint density at radius 3 is 2.65 bits per heavy atom. The summed E-state index contributed by atoms with van der Waals surface area (Å²) >= 11 is 0. The summed E-state index contributed by atoms with van der Waals surface area (Å²) in [6.45, 7) is 5.37. The second-order valence-electron chi connectivity index (χ2n) is 6.66. The van der Waals surface area contributed by atoms with Crippen molar-refractivity contribution in [2.24, 2.45) is 5.92 Å². The maximum absolute atomic E-state index is 12.8. The first kappa shape index (κ1) is 18.0. The molecule has 2 aromatic carbocycles. The van der Waals surface area contributed by atoms with Gasteiger partial charge in [0.2, 0.25) is 12.3 Å². The Hall–Kier alpha value is -2.82. The zero-order chi connectivity index (χ0) is 18.5. The largest absolute Gasteiger partial charge is 0.494 e. The molecule has 0 spiro atoms. The number of anilines is 2. The first-order valence-electron chi connectivity index (χ1n) is 8.92. The van der Waals surface area contributed by atoms with Crippen LogP contribution in [0.3, 0.4) is 0 Å². The van der Waals surface area contributed by atoms with Crippen LogP contribution < -0.4 is 14.5 Å². The molecular weight excluding hydrogens is 328 g/mol. The van der Waals surface area contributed by atoms with Crippen LogP contribution >= 0.6 is 0 Å². The third-order valence-electron chi connectivity index (χ3n) is 4.55. The van der Waals surface area contributed by atoms with Gasteiger partial charge in [-0.2, -0.15) is 0 Å². The van der Waals surface area contributed by atoms with E-state index in [-0.39, 0.29) is 11.8 Å². The summed E-state index contributed by atoms with van der Waals surface area (Å²) in [6.07, 6.45) is 1.51. The summed E-state index contributed by atoms with van der Waals surface area (Å²) in [7, 11) is 0. The van der Waals surface area contributed by atoms with E-state index < -0.39 is 0 Å². The monoisotopic (exact) mass is 352 g/mol. The third kappa shape index (κ3) is 3.87. The Balaban J connectivity index is 1.70. The van der Waals surface area contributed by atoms with Gasteiger partial charge in [-0.3, -0.25) is 9.59 Å². The molecule has 0 aliphatic carbocycles. The van der Waals surface area contributed by atoms with E-state index in [4.69, 9.17) is 4.74 Å². The molecular formula is C21H24N2O3. The van der Waals surface area contributed by atoms with Crippen LogP contribution in [-0.2, 0) is 9.59 Å². The molecule has 2 aromatic rings. The van der Waals surface area contributed by atoms with Gasteiger partial charge in [-0.1, -0.05) is 31.2 Å². The minimum absolute atomic E-state index is 0.0392. The number of fused-ring (bicyclic) bond motifs is 1. The second-order valence-corrected chi connectivity index (χ2v) is 6.66. The predicted octanol–water partition coefficient (Wildman–Crippen LogP) is 3.41. The maximum Gasteiger partial charge on any atom is 0.231 e. The minimum Gasteiger partial charge on any atom is -0.494 e. The Morgan fingerprint density at radius 2 is 1.92 bits per heavy atom. The van der Waals surface area contributed by atoms with E-state index in [1.807, 2.05) is 62.4 Å². The molecule has 0 radical (unpaired) electrons. The zero-order valence-corrected chi connectivity index (χ0v) is 15.2. The number of amides is 2. The molecule has 1 atom stereocenters. The summed E-state index contributed by atoms with van der Waals surface area (Å²) < 4.78 is 5.80. The van der Waals surface area contributed by atoms with Crippen molar-refractivity contribution in [1.29, 1.82) is 0 Å². The van der Waals surface area contributed by atoms with Crippen LogP contribution in [0.4, 0.5) is 11.4 Å². The Labute approximate surface area is 154 Å². The van der Waals surface area contributed by atoms with Crippen molar-refractivity contribution in [3.63, 3.8) is 0 Å². The van der Waals surface area contributed by atoms with Gasteiger partial charge in [0.1, 0.15) is 5.75 Å². The molecule has 2 amide bonds. The van der Waals surface area contributed by atoms with Gasteiger partial charge in [0.15, 0.2) is 0 Å². The van der Waals surface area contributed by atoms with E-state index in [9.17, 15) is 9.59 Å². The Bertz CT molecular complexity index is 790. The maximum atomic E-state index is 12.8. The quantitative estimate of drug-likeness (QED) is 0.591. The predicted molar refractivity (Wildman–Crippen MR) is 103 cm³/mol. The normalized spacial score (nSPS) is 16.8. The number of hydrogen-bond acceptors (Lipinski definition) is 3. The molecule has 1 aliphatic rings. The minimum atomic E-state index is -0.245. The number of hydrogen-bond donors (Lipinski definition) is 0. The molecule has 0 bridgehead atoms. The lowest BCUT2D eigenvalue weighted by Gasteiger charge is -2.24. The first-order valence-corrected chi connectivity index (χ1v) is 8.92. The summed E-state index contributed by atoms with van der Waals surface area (Å²) in [5, 5.41) is 0. The number of para-hydroxylation sites is 2. The average Bonchev–Trinajstić information content (AvgIpc) is 2.75. The lowest BCUT2D eigenvalue weighted by atomic mass is 10.1. The van der Waals surface area contributed by atoms with E-state index in [1.54, 1.807) is 9.80 Å². The SMILES string of the molecule is Cc1cccc(OCCCN2C(=O)C(C)CN(C=O)c3ccccc32)c1. The highest BCUT2D eigenvalue weighted by molar-refractivity contribution is 6.02. The van der Waals surface area contributed by atoms with Crippen molar-refractivity contribution in [2.45, 2.75) is 20.3 Å². The van der Waals surface area contributed by atoms with Crippen molar-refractivity contribution >= 4 is 23.7 Å². The molecule has 1 aliphatic heterocycles. The molecule has 1 unspecified atom stereocenters. The third-order valence-corrected chi connectivity index (χ3v) is 4.55. The lowest BCUT2D eigenvalue weighted by Crippen LogP contribution is -2.37. The fraction of sp³-hybridized carbons (Fsp3) is 0.333. The highest BCUT2D eigenvalue weighted by Gasteiger charge is 2.30. The lowest BCUT2D eigenvalue weighted by molar-refractivity contribution is -0.121. The fourth-order valence-corrected chi connectivity index (χ4v) is 3.24. The second kappa shape index (κ2) is 8.04. The van der Waals surface area contributed by atoms with Crippen LogP contribution in [0.5, 0.6) is 5.75 Å². The van der Waals surface area contributed by atoms with Gasteiger partial charge in [-0.15, -0.1) is 0 Å². The van der Waals surface area contributed by atoms with Gasteiger partial charge in [-0.05, 0) is 43.2 Å². The highest BCUT2D eigenvalue weighted by Crippen LogP contribution is 2.33. The van der Waals surface area contributed by atoms with Crippen LogP contribution in [0.25, 0.3) is 0 Å². The number of aryl methyl sites for hydroxylation is 1. The van der Waals surface area contributed by atoms with E-state index in [1.165, 1.54) is 0 Å². The van der Waals surface area contributed by atoms with Crippen molar-refractivity contribution < 1.29 is 14.3 Å². The fourth-order valence-electron chi connectivity index (χ4n) is 3.24. The number of ether oxygens (including phenoxy) is 1. The summed E-state index contributed by atoms with van der Waals surface area (Å²) in [4.78, 5) is 27.7. The van der Waals surface area contributed by atoms with Crippen LogP contribution in [0.2, 0.25) is 0 Å². The highest BCUT2D eigenvalue weighted by atomic mass is 16.5. The van der Waals surface area contributed by atoms with E-state index in [0.717, 1.165) is 29.1 Å². The van der Waals surface area contributed by atoms with Crippen molar-refractivity contribution in [2.75, 3.05) is 29.5 Å². The molecule has 1 heterocycles. The molecule has 26 heavy (non-hydrogen) atoms. The van der Waals surface area contributed by atoms with Crippen molar-refractivity contribution in [3.05, 3.63) is 54.1 Å². The van der Waals surface area contributed by atoms with Crippen molar-refractivity contribution in [3.8, 4) is 5.75 Å². The number of benzene rings is 2. The van der Waals surface area contributed by atoms with Gasteiger partial charge >= 0.3 is 0 Å². The number of carbonyl (C=O) groups is 2. The van der Waals surface area contributed by atoms with Crippen molar-refractivity contribution in [1.82, 2.24) is 0 Å². The molecule has 3 rings (SSSR count). The summed E-state index contributed by atoms with van der Waals surface area (Å²) in [5.41, 5.74) is 2.71. The smallest absolute Gasteiger partial charge is 0.231 e. The molecule has 0 saturated carbocycles. The van der Waals surface area contributed by atoms with Gasteiger partial charge in [0.05, 0.1) is 23.9 Å². The molecule has 0 N–H and O–H groups in total. The molecule has 0 saturated heterocycles.